The number of carbonyl (C=O) groups excluding carboxylic acids is 2. The Kier molecular flexibility index (Phi) is 5.32. The van der Waals surface area contributed by atoms with E-state index in [1.54, 1.807) is 24.3 Å². The summed E-state index contributed by atoms with van der Waals surface area (Å²) in [6, 6.07) is 12.1. The van der Waals surface area contributed by atoms with Gasteiger partial charge in [-0.25, -0.2) is 9.37 Å². The van der Waals surface area contributed by atoms with Crippen LogP contribution in [0.5, 0.6) is 5.75 Å². The number of anilines is 3. The zero-order valence-electron chi connectivity index (χ0n) is 14.2. The molecule has 7 nitrogen and oxygen atoms in total. The van der Waals surface area contributed by atoms with Crippen LogP contribution in [0.15, 0.2) is 48.5 Å². The fraction of sp³-hybridized carbons (Fsp3) is 0.0556. The molecule has 2 amide bonds. The highest BCUT2D eigenvalue weighted by atomic mass is 32.1. The second kappa shape index (κ2) is 7.83. The highest BCUT2D eigenvalue weighted by Gasteiger charge is 2.19. The molecule has 0 aliphatic carbocycles. The molecule has 0 fully saturated rings. The molecule has 0 unspecified atom stereocenters. The number of nitrogens with one attached hydrogen (secondary N) is 2. The fourth-order valence-electron chi connectivity index (χ4n) is 2.20. The van der Waals surface area contributed by atoms with E-state index in [4.69, 9.17) is 10.5 Å². The summed E-state index contributed by atoms with van der Waals surface area (Å²) in [5.74, 6) is -0.946. The van der Waals surface area contributed by atoms with Gasteiger partial charge in [0.05, 0.1) is 7.11 Å². The van der Waals surface area contributed by atoms with E-state index in [1.807, 2.05) is 0 Å². The SMILES string of the molecule is COc1ccc(C(=O)Nc2sc(Nc3ccc(F)cc3)nc2C(N)=O)cc1. The molecule has 0 spiro atoms. The number of carbonyl (C=O) groups is 2. The number of thiazole rings is 1. The smallest absolute Gasteiger partial charge is 0.270 e. The molecule has 0 aliphatic rings. The highest BCUT2D eigenvalue weighted by Crippen LogP contribution is 2.31. The highest BCUT2D eigenvalue weighted by molar-refractivity contribution is 7.20. The maximum absolute atomic E-state index is 13.0. The van der Waals surface area contributed by atoms with Crippen molar-refractivity contribution in [1.29, 1.82) is 0 Å². The Balaban J connectivity index is 1.81. The van der Waals surface area contributed by atoms with Crippen molar-refractivity contribution in [3.05, 3.63) is 65.6 Å². The van der Waals surface area contributed by atoms with E-state index < -0.39 is 11.8 Å². The zero-order chi connectivity index (χ0) is 19.4. The first kappa shape index (κ1) is 18.3. The summed E-state index contributed by atoms with van der Waals surface area (Å²) in [6.45, 7) is 0. The van der Waals surface area contributed by atoms with Crippen LogP contribution in [0, 0.1) is 5.82 Å². The number of hydrogen-bond acceptors (Lipinski definition) is 6. The predicted molar refractivity (Wildman–Crippen MR) is 101 cm³/mol. The molecular formula is C18H15FN4O3S. The maximum atomic E-state index is 13.0. The lowest BCUT2D eigenvalue weighted by atomic mass is 10.2. The van der Waals surface area contributed by atoms with Crippen LogP contribution in [0.3, 0.4) is 0 Å². The van der Waals surface area contributed by atoms with Gasteiger partial charge < -0.3 is 21.1 Å². The number of amides is 2. The monoisotopic (exact) mass is 386 g/mol. The number of nitrogens with two attached hydrogens (primary N) is 1. The number of halogens is 1. The molecule has 0 aliphatic heterocycles. The van der Waals surface area contributed by atoms with Crippen LogP contribution in [0.4, 0.5) is 20.2 Å². The van der Waals surface area contributed by atoms with Gasteiger partial charge in [-0.3, -0.25) is 9.59 Å². The Morgan fingerprint density at radius 3 is 2.37 bits per heavy atom. The second-order valence-electron chi connectivity index (χ2n) is 5.38. The first-order valence-corrected chi connectivity index (χ1v) is 8.56. The van der Waals surface area contributed by atoms with Gasteiger partial charge in [-0.15, -0.1) is 0 Å². The minimum absolute atomic E-state index is 0.0635. The van der Waals surface area contributed by atoms with Gasteiger partial charge >= 0.3 is 0 Å². The fourth-order valence-corrected chi connectivity index (χ4v) is 3.09. The van der Waals surface area contributed by atoms with Crippen LogP contribution in [0.25, 0.3) is 0 Å². The molecule has 4 N–H and O–H groups in total. The Labute approximate surface area is 158 Å². The van der Waals surface area contributed by atoms with Gasteiger partial charge in [0.1, 0.15) is 16.6 Å². The normalized spacial score (nSPS) is 10.3. The number of methoxy groups -OCH3 is 1. The number of benzene rings is 2. The topological polar surface area (TPSA) is 106 Å². The number of aromatic nitrogens is 1. The summed E-state index contributed by atoms with van der Waals surface area (Å²) in [6.07, 6.45) is 0. The maximum Gasteiger partial charge on any atom is 0.270 e. The molecule has 9 heteroatoms. The van der Waals surface area contributed by atoms with Crippen molar-refractivity contribution in [2.75, 3.05) is 17.7 Å². The van der Waals surface area contributed by atoms with Gasteiger partial charge in [0.25, 0.3) is 11.8 Å². The van der Waals surface area contributed by atoms with Crippen LogP contribution in [-0.4, -0.2) is 23.9 Å². The minimum Gasteiger partial charge on any atom is -0.497 e. The molecule has 138 valence electrons. The van der Waals surface area contributed by atoms with Crippen LogP contribution >= 0.6 is 11.3 Å². The van der Waals surface area contributed by atoms with Crippen LogP contribution in [0.1, 0.15) is 20.8 Å². The molecule has 0 saturated heterocycles. The molecule has 3 rings (SSSR count). The van der Waals surface area contributed by atoms with Crippen molar-refractivity contribution in [2.24, 2.45) is 5.73 Å². The van der Waals surface area contributed by atoms with Crippen molar-refractivity contribution in [2.45, 2.75) is 0 Å². The minimum atomic E-state index is -0.775. The van der Waals surface area contributed by atoms with E-state index >= 15 is 0 Å². The van der Waals surface area contributed by atoms with E-state index in [2.05, 4.69) is 15.6 Å². The zero-order valence-corrected chi connectivity index (χ0v) is 15.0. The first-order valence-electron chi connectivity index (χ1n) is 7.75. The van der Waals surface area contributed by atoms with Crippen molar-refractivity contribution < 1.29 is 18.7 Å². The average Bonchev–Trinajstić information content (AvgIpc) is 3.06. The summed E-state index contributed by atoms with van der Waals surface area (Å²) >= 11 is 1.04. The summed E-state index contributed by atoms with van der Waals surface area (Å²) in [5.41, 5.74) is 6.25. The first-order chi connectivity index (χ1) is 13.0. The van der Waals surface area contributed by atoms with Gasteiger partial charge in [0.15, 0.2) is 10.8 Å². The average molecular weight is 386 g/mol. The third kappa shape index (κ3) is 4.39. The summed E-state index contributed by atoms with van der Waals surface area (Å²) in [4.78, 5) is 28.2. The third-order valence-corrected chi connectivity index (χ3v) is 4.42. The van der Waals surface area contributed by atoms with Crippen LogP contribution < -0.4 is 21.1 Å². The van der Waals surface area contributed by atoms with Gasteiger partial charge in [0, 0.05) is 11.3 Å². The lowest BCUT2D eigenvalue weighted by Crippen LogP contribution is -2.17. The van der Waals surface area contributed by atoms with Gasteiger partial charge in [-0.05, 0) is 48.5 Å². The molecular weight excluding hydrogens is 371 g/mol. The molecule has 0 radical (unpaired) electrons. The van der Waals surface area contributed by atoms with Crippen LogP contribution in [0.2, 0.25) is 0 Å². The Morgan fingerprint density at radius 1 is 1.11 bits per heavy atom. The summed E-state index contributed by atoms with van der Waals surface area (Å²) in [5, 5.41) is 6.13. The van der Waals surface area contributed by atoms with Crippen LogP contribution in [-0.2, 0) is 0 Å². The number of primary amides is 1. The lowest BCUT2D eigenvalue weighted by molar-refractivity contribution is 0.0997. The van der Waals surface area contributed by atoms with Gasteiger partial charge in [-0.2, -0.15) is 0 Å². The quantitative estimate of drug-likeness (QED) is 0.602. The number of hydrogen-bond donors (Lipinski definition) is 3. The van der Waals surface area contributed by atoms with E-state index in [1.165, 1.54) is 31.4 Å². The largest absolute Gasteiger partial charge is 0.497 e. The Bertz CT molecular complexity index is 971. The summed E-state index contributed by atoms with van der Waals surface area (Å²) < 4.78 is 18.0. The standard InChI is InChI=1S/C18H15FN4O3S/c1-26-13-8-2-10(3-9-13)16(25)23-17-14(15(20)24)22-18(27-17)21-12-6-4-11(19)5-7-12/h2-9H,1H3,(H2,20,24)(H,21,22)(H,23,25). The molecule has 1 aromatic heterocycles. The second-order valence-corrected chi connectivity index (χ2v) is 6.37. The molecule has 3 aromatic rings. The number of rotatable bonds is 6. The van der Waals surface area contributed by atoms with E-state index in [0.717, 1.165) is 11.3 Å². The molecule has 1 heterocycles. The molecule has 27 heavy (non-hydrogen) atoms. The van der Waals surface area contributed by atoms with Crippen molar-refractivity contribution >= 4 is 39.0 Å². The van der Waals surface area contributed by atoms with Gasteiger partial charge in [0.2, 0.25) is 0 Å². The van der Waals surface area contributed by atoms with E-state index in [9.17, 15) is 14.0 Å². The van der Waals surface area contributed by atoms with E-state index in [0.29, 0.717) is 22.1 Å². The third-order valence-electron chi connectivity index (χ3n) is 3.54. The number of nitrogens with zero attached hydrogens (tertiary/aromatic N) is 1. The summed E-state index contributed by atoms with van der Waals surface area (Å²) in [7, 11) is 1.53. The van der Waals surface area contributed by atoms with E-state index in [-0.39, 0.29) is 16.5 Å². The molecule has 0 atom stereocenters. The Hall–Kier alpha value is -3.46. The van der Waals surface area contributed by atoms with Gasteiger partial charge in [-0.1, -0.05) is 11.3 Å². The van der Waals surface area contributed by atoms with Crippen molar-refractivity contribution in [1.82, 2.24) is 4.98 Å². The molecule has 0 saturated carbocycles. The molecule has 2 aromatic carbocycles. The Morgan fingerprint density at radius 2 is 1.78 bits per heavy atom. The lowest BCUT2D eigenvalue weighted by Gasteiger charge is -2.05. The number of ether oxygens (including phenoxy) is 1. The molecule has 0 bridgehead atoms. The predicted octanol–water partition coefficient (Wildman–Crippen LogP) is 3.39. The van der Waals surface area contributed by atoms with Crippen molar-refractivity contribution in [3.63, 3.8) is 0 Å². The van der Waals surface area contributed by atoms with Crippen molar-refractivity contribution in [3.8, 4) is 5.75 Å².